The maximum Gasteiger partial charge on any atom is 0.138 e. The second kappa shape index (κ2) is 5.01. The summed E-state index contributed by atoms with van der Waals surface area (Å²) in [5.74, 6) is 2.24. The monoisotopic (exact) mass is 258 g/mol. The molecule has 5 heteroatoms. The van der Waals surface area contributed by atoms with Crippen LogP contribution in [0.25, 0.3) is 0 Å². The van der Waals surface area contributed by atoms with Gasteiger partial charge in [0, 0.05) is 25.4 Å². The van der Waals surface area contributed by atoms with Crippen LogP contribution in [0.15, 0.2) is 30.6 Å². The number of rotatable bonds is 3. The molecule has 0 bridgehead atoms. The van der Waals surface area contributed by atoms with E-state index in [2.05, 4.69) is 16.1 Å². The quantitative estimate of drug-likeness (QED) is 0.889. The van der Waals surface area contributed by atoms with Crippen LogP contribution in [0.5, 0.6) is 5.75 Å². The van der Waals surface area contributed by atoms with Gasteiger partial charge in [0.15, 0.2) is 0 Å². The lowest BCUT2D eigenvalue weighted by molar-refractivity contribution is 0.197. The van der Waals surface area contributed by atoms with Crippen LogP contribution in [0.2, 0.25) is 0 Å². The van der Waals surface area contributed by atoms with E-state index in [-0.39, 0.29) is 6.04 Å². The first-order chi connectivity index (χ1) is 9.24. The molecule has 3 rings (SSSR count). The molecule has 0 spiro atoms. The molecule has 100 valence electrons. The van der Waals surface area contributed by atoms with Gasteiger partial charge in [0.1, 0.15) is 17.9 Å². The predicted octanol–water partition coefficient (Wildman–Crippen LogP) is 0.936. The van der Waals surface area contributed by atoms with Crippen molar-refractivity contribution in [2.45, 2.75) is 18.9 Å². The van der Waals surface area contributed by atoms with Crippen LogP contribution >= 0.6 is 0 Å². The lowest BCUT2D eigenvalue weighted by atomic mass is 9.89. The topological polar surface area (TPSA) is 66.0 Å². The molecule has 1 aliphatic heterocycles. The van der Waals surface area contributed by atoms with Gasteiger partial charge in [-0.15, -0.1) is 0 Å². The number of ether oxygens (including phenoxy) is 1. The van der Waals surface area contributed by atoms with Crippen molar-refractivity contribution in [2.24, 2.45) is 18.7 Å². The average molecular weight is 258 g/mol. The Hall–Kier alpha value is -1.88. The Labute approximate surface area is 112 Å². The number of para-hydroxylation sites is 1. The first-order valence-electron chi connectivity index (χ1n) is 6.53. The fraction of sp³-hybridized carbons (Fsp3) is 0.429. The van der Waals surface area contributed by atoms with E-state index in [0.29, 0.717) is 12.5 Å². The van der Waals surface area contributed by atoms with Gasteiger partial charge < -0.3 is 10.5 Å². The SMILES string of the molecule is Cn1ncnc1CC(N)C1COc2ccccc2C1. The maximum absolute atomic E-state index is 6.30. The van der Waals surface area contributed by atoms with Gasteiger partial charge in [-0.25, -0.2) is 4.98 Å². The molecule has 0 fully saturated rings. The largest absolute Gasteiger partial charge is 0.493 e. The fourth-order valence-corrected chi connectivity index (χ4v) is 2.51. The Morgan fingerprint density at radius 1 is 1.47 bits per heavy atom. The van der Waals surface area contributed by atoms with E-state index < -0.39 is 0 Å². The number of nitrogens with two attached hydrogens (primary N) is 1. The maximum atomic E-state index is 6.30. The summed E-state index contributed by atoms with van der Waals surface area (Å²) < 4.78 is 7.56. The average Bonchev–Trinajstić information content (AvgIpc) is 2.84. The number of hydrogen-bond acceptors (Lipinski definition) is 4. The van der Waals surface area contributed by atoms with Crippen LogP contribution in [0.3, 0.4) is 0 Å². The summed E-state index contributed by atoms with van der Waals surface area (Å²) in [6.07, 6.45) is 3.26. The number of aryl methyl sites for hydroxylation is 1. The van der Waals surface area contributed by atoms with Crippen molar-refractivity contribution in [1.29, 1.82) is 0 Å². The van der Waals surface area contributed by atoms with Crippen molar-refractivity contribution < 1.29 is 4.74 Å². The molecule has 0 saturated carbocycles. The molecular weight excluding hydrogens is 240 g/mol. The van der Waals surface area contributed by atoms with Gasteiger partial charge in [0.2, 0.25) is 0 Å². The predicted molar refractivity (Wildman–Crippen MR) is 71.8 cm³/mol. The van der Waals surface area contributed by atoms with Crippen molar-refractivity contribution in [1.82, 2.24) is 14.8 Å². The molecule has 0 saturated heterocycles. The number of hydrogen-bond donors (Lipinski definition) is 1. The lowest BCUT2D eigenvalue weighted by Crippen LogP contribution is -2.39. The van der Waals surface area contributed by atoms with E-state index in [1.54, 1.807) is 11.0 Å². The summed E-state index contributed by atoms with van der Waals surface area (Å²) in [4.78, 5) is 4.23. The van der Waals surface area contributed by atoms with E-state index in [1.165, 1.54) is 5.56 Å². The van der Waals surface area contributed by atoms with Crippen LogP contribution in [0, 0.1) is 5.92 Å². The molecule has 2 atom stereocenters. The Kier molecular flexibility index (Phi) is 3.21. The van der Waals surface area contributed by atoms with Gasteiger partial charge in [0.05, 0.1) is 6.61 Å². The summed E-state index contributed by atoms with van der Waals surface area (Å²) in [5, 5.41) is 4.07. The third kappa shape index (κ3) is 2.46. The zero-order valence-electron chi connectivity index (χ0n) is 11.0. The minimum absolute atomic E-state index is 0.0382. The number of fused-ring (bicyclic) bond motifs is 1. The standard InChI is InChI=1S/C14H18N4O/c1-18-14(16-9-17-18)7-12(15)11-6-10-4-2-3-5-13(10)19-8-11/h2-5,9,11-12H,6-8,15H2,1H3. The summed E-state index contributed by atoms with van der Waals surface area (Å²) in [7, 11) is 1.89. The Balaban J connectivity index is 1.69. The number of nitrogens with zero attached hydrogens (tertiary/aromatic N) is 3. The van der Waals surface area contributed by atoms with Gasteiger partial charge in [-0.3, -0.25) is 4.68 Å². The molecule has 0 amide bonds. The van der Waals surface area contributed by atoms with Crippen molar-refractivity contribution >= 4 is 0 Å². The van der Waals surface area contributed by atoms with Crippen LogP contribution in [-0.2, 0) is 19.9 Å². The number of benzene rings is 1. The summed E-state index contributed by atoms with van der Waals surface area (Å²) in [6, 6.07) is 8.20. The summed E-state index contributed by atoms with van der Waals surface area (Å²) in [5.41, 5.74) is 7.55. The lowest BCUT2D eigenvalue weighted by Gasteiger charge is -2.29. The van der Waals surface area contributed by atoms with E-state index in [4.69, 9.17) is 10.5 Å². The molecule has 1 aromatic heterocycles. The van der Waals surface area contributed by atoms with Gasteiger partial charge in [-0.05, 0) is 18.1 Å². The Bertz CT molecular complexity index is 566. The van der Waals surface area contributed by atoms with Crippen molar-refractivity contribution in [3.05, 3.63) is 42.0 Å². The zero-order chi connectivity index (χ0) is 13.2. The van der Waals surface area contributed by atoms with Crippen LogP contribution in [0.4, 0.5) is 0 Å². The van der Waals surface area contributed by atoms with E-state index in [1.807, 2.05) is 25.2 Å². The van der Waals surface area contributed by atoms with Crippen molar-refractivity contribution in [3.8, 4) is 5.75 Å². The molecule has 19 heavy (non-hydrogen) atoms. The molecule has 2 heterocycles. The minimum Gasteiger partial charge on any atom is -0.493 e. The van der Waals surface area contributed by atoms with Crippen LogP contribution in [-0.4, -0.2) is 27.4 Å². The highest BCUT2D eigenvalue weighted by molar-refractivity contribution is 5.35. The highest BCUT2D eigenvalue weighted by atomic mass is 16.5. The van der Waals surface area contributed by atoms with E-state index >= 15 is 0 Å². The van der Waals surface area contributed by atoms with Crippen LogP contribution in [0.1, 0.15) is 11.4 Å². The molecule has 1 aromatic carbocycles. The summed E-state index contributed by atoms with van der Waals surface area (Å²) in [6.45, 7) is 0.677. The van der Waals surface area contributed by atoms with E-state index in [9.17, 15) is 0 Å². The molecule has 0 aliphatic carbocycles. The first kappa shape index (κ1) is 12.2. The van der Waals surface area contributed by atoms with Crippen molar-refractivity contribution in [2.75, 3.05) is 6.61 Å². The normalized spacial score (nSPS) is 19.6. The molecule has 1 aliphatic rings. The molecular formula is C14H18N4O. The highest BCUT2D eigenvalue weighted by Gasteiger charge is 2.26. The van der Waals surface area contributed by atoms with Gasteiger partial charge in [0.25, 0.3) is 0 Å². The zero-order valence-corrected chi connectivity index (χ0v) is 11.0. The van der Waals surface area contributed by atoms with Crippen molar-refractivity contribution in [3.63, 3.8) is 0 Å². The minimum atomic E-state index is 0.0382. The Morgan fingerprint density at radius 3 is 3.11 bits per heavy atom. The molecule has 2 aromatic rings. The molecule has 0 radical (unpaired) electrons. The van der Waals surface area contributed by atoms with Crippen LogP contribution < -0.4 is 10.5 Å². The van der Waals surface area contributed by atoms with Gasteiger partial charge >= 0.3 is 0 Å². The van der Waals surface area contributed by atoms with Gasteiger partial charge in [-0.2, -0.15) is 5.10 Å². The highest BCUT2D eigenvalue weighted by Crippen LogP contribution is 2.28. The fourth-order valence-electron chi connectivity index (χ4n) is 2.51. The first-order valence-corrected chi connectivity index (χ1v) is 6.53. The molecule has 2 unspecified atom stereocenters. The smallest absolute Gasteiger partial charge is 0.138 e. The van der Waals surface area contributed by atoms with Gasteiger partial charge in [-0.1, -0.05) is 18.2 Å². The van der Waals surface area contributed by atoms with E-state index in [0.717, 1.165) is 24.4 Å². The second-order valence-corrected chi connectivity index (χ2v) is 5.05. The second-order valence-electron chi connectivity index (χ2n) is 5.05. The number of aromatic nitrogens is 3. The Morgan fingerprint density at radius 2 is 2.32 bits per heavy atom. The third-order valence-corrected chi connectivity index (χ3v) is 3.74. The molecule has 2 N–H and O–H groups in total. The third-order valence-electron chi connectivity index (χ3n) is 3.74. The summed E-state index contributed by atoms with van der Waals surface area (Å²) >= 11 is 0. The molecule has 5 nitrogen and oxygen atoms in total.